The molecule has 7 heteroatoms. The van der Waals surface area contributed by atoms with E-state index in [-0.39, 0.29) is 17.8 Å². The van der Waals surface area contributed by atoms with Gasteiger partial charge >= 0.3 is 0 Å². The Morgan fingerprint density at radius 2 is 1.85 bits per heavy atom. The number of nitrogens with zero attached hydrogens (tertiary/aromatic N) is 1. The molecule has 1 saturated carbocycles. The number of methoxy groups -OCH3 is 2. The van der Waals surface area contributed by atoms with Crippen LogP contribution in [0.5, 0.6) is 5.75 Å². The van der Waals surface area contributed by atoms with E-state index in [0.29, 0.717) is 18.8 Å². The molecule has 0 unspecified atom stereocenters. The van der Waals surface area contributed by atoms with Crippen LogP contribution in [0.1, 0.15) is 49.7 Å². The third kappa shape index (κ3) is 6.55. The number of hydrogen-bond donors (Lipinski definition) is 0. The second kappa shape index (κ2) is 12.0. The topological polar surface area (TPSA) is 48.0 Å². The van der Waals surface area contributed by atoms with Crippen molar-refractivity contribution in [2.75, 3.05) is 31.5 Å². The summed E-state index contributed by atoms with van der Waals surface area (Å²) < 4.78 is 31.8. The number of benzene rings is 2. The van der Waals surface area contributed by atoms with Crippen molar-refractivity contribution in [1.29, 1.82) is 0 Å². The molecule has 1 fully saturated rings. The quantitative estimate of drug-likeness (QED) is 0.361. The van der Waals surface area contributed by atoms with E-state index in [1.807, 2.05) is 30.3 Å². The van der Waals surface area contributed by atoms with Crippen molar-refractivity contribution in [3.8, 4) is 5.75 Å². The molecule has 0 aromatic heterocycles. The van der Waals surface area contributed by atoms with Gasteiger partial charge in [-0.15, -0.1) is 0 Å². The Hall–Kier alpha value is -1.96. The van der Waals surface area contributed by atoms with Crippen LogP contribution >= 0.6 is 15.9 Å². The minimum atomic E-state index is -0.525. The molecular formula is C26H33BrFNO4. The van der Waals surface area contributed by atoms with Crippen molar-refractivity contribution in [3.63, 3.8) is 0 Å². The molecule has 1 aliphatic rings. The minimum absolute atomic E-state index is 0.0809. The van der Waals surface area contributed by atoms with Crippen LogP contribution in [-0.4, -0.2) is 38.6 Å². The fourth-order valence-corrected chi connectivity index (χ4v) is 4.61. The summed E-state index contributed by atoms with van der Waals surface area (Å²) in [5.41, 5.74) is 2.05. The average molecular weight is 522 g/mol. The predicted molar refractivity (Wildman–Crippen MR) is 132 cm³/mol. The molecule has 0 bridgehead atoms. The smallest absolute Gasteiger partial charge is 0.226 e. The fourth-order valence-electron chi connectivity index (χ4n) is 4.33. The van der Waals surface area contributed by atoms with Crippen molar-refractivity contribution >= 4 is 27.5 Å². The van der Waals surface area contributed by atoms with Gasteiger partial charge in [0.25, 0.3) is 0 Å². The fraction of sp³-hybridized carbons (Fsp3) is 0.500. The van der Waals surface area contributed by atoms with Gasteiger partial charge in [0.1, 0.15) is 18.2 Å². The van der Waals surface area contributed by atoms with Crippen LogP contribution in [0.3, 0.4) is 0 Å². The van der Waals surface area contributed by atoms with Crippen molar-refractivity contribution in [2.45, 2.75) is 56.8 Å². The summed E-state index contributed by atoms with van der Waals surface area (Å²) in [5, 5.41) is 0.809. The third-order valence-corrected chi connectivity index (χ3v) is 7.05. The molecule has 2 aromatic carbocycles. The summed E-state index contributed by atoms with van der Waals surface area (Å²) in [6.45, 7) is 0.302. The first-order chi connectivity index (χ1) is 15.9. The van der Waals surface area contributed by atoms with Crippen LogP contribution in [0.15, 0.2) is 42.5 Å². The van der Waals surface area contributed by atoms with E-state index < -0.39 is 5.60 Å². The molecule has 0 radical (unpaired) electrons. The highest BCUT2D eigenvalue weighted by Gasteiger charge is 2.37. The Morgan fingerprint density at radius 3 is 2.45 bits per heavy atom. The normalized spacial score (nSPS) is 20.5. The standard InChI is InChI=1S/C26H33BrFNO4/c1-29(25(30)5-4-14-27)22-8-6-19(7-9-22)18-33-24-16-20(15-21(28)17-24)26(32-3)12-10-23(31-2)11-13-26/h6-9,15-17,23H,4-5,10-14,18H2,1-3H3. The van der Waals surface area contributed by atoms with E-state index in [1.165, 1.54) is 6.07 Å². The second-order valence-corrected chi connectivity index (χ2v) is 9.30. The molecule has 2 aromatic rings. The lowest BCUT2D eigenvalue weighted by molar-refractivity contribution is -0.118. The zero-order valence-corrected chi connectivity index (χ0v) is 21.2. The number of rotatable bonds is 10. The van der Waals surface area contributed by atoms with E-state index in [0.717, 1.165) is 54.2 Å². The van der Waals surface area contributed by atoms with E-state index in [2.05, 4.69) is 15.9 Å². The maximum atomic E-state index is 14.5. The number of amides is 1. The lowest BCUT2D eigenvalue weighted by Gasteiger charge is -2.39. The minimum Gasteiger partial charge on any atom is -0.489 e. The van der Waals surface area contributed by atoms with Crippen LogP contribution in [0, 0.1) is 5.82 Å². The number of ether oxygens (including phenoxy) is 3. The van der Waals surface area contributed by atoms with E-state index >= 15 is 0 Å². The highest BCUT2D eigenvalue weighted by atomic mass is 79.9. The number of carbonyl (C=O) groups is 1. The predicted octanol–water partition coefficient (Wildman–Crippen LogP) is 5.97. The van der Waals surface area contributed by atoms with Gasteiger partial charge in [-0.3, -0.25) is 4.79 Å². The molecule has 180 valence electrons. The molecule has 0 aliphatic heterocycles. The number of carbonyl (C=O) groups excluding carboxylic acids is 1. The second-order valence-electron chi connectivity index (χ2n) is 8.51. The number of alkyl halides is 1. The van der Waals surface area contributed by atoms with Crippen molar-refractivity contribution in [2.24, 2.45) is 0 Å². The van der Waals surface area contributed by atoms with Crippen LogP contribution in [-0.2, 0) is 26.5 Å². The van der Waals surface area contributed by atoms with E-state index in [1.54, 1.807) is 32.2 Å². The first-order valence-electron chi connectivity index (χ1n) is 11.3. The van der Waals surface area contributed by atoms with Gasteiger partial charge in [0, 0.05) is 44.8 Å². The zero-order valence-electron chi connectivity index (χ0n) is 19.6. The molecule has 3 rings (SSSR count). The average Bonchev–Trinajstić information content (AvgIpc) is 2.85. The maximum Gasteiger partial charge on any atom is 0.226 e. The molecule has 5 nitrogen and oxygen atoms in total. The Kier molecular flexibility index (Phi) is 9.29. The number of anilines is 1. The monoisotopic (exact) mass is 521 g/mol. The molecule has 1 aliphatic carbocycles. The Bertz CT molecular complexity index is 913. The SMILES string of the molecule is COC1CCC(OC)(c2cc(F)cc(OCc3ccc(N(C)C(=O)CCCBr)cc3)c2)CC1. The van der Waals surface area contributed by atoms with Crippen LogP contribution in [0.25, 0.3) is 0 Å². The van der Waals surface area contributed by atoms with Gasteiger partial charge in [-0.25, -0.2) is 4.39 Å². The van der Waals surface area contributed by atoms with Gasteiger partial charge in [-0.1, -0.05) is 28.1 Å². The van der Waals surface area contributed by atoms with E-state index in [9.17, 15) is 9.18 Å². The largest absolute Gasteiger partial charge is 0.489 e. The summed E-state index contributed by atoms with van der Waals surface area (Å²) in [5.74, 6) is 0.213. The van der Waals surface area contributed by atoms with Crippen LogP contribution < -0.4 is 9.64 Å². The zero-order chi connectivity index (χ0) is 23.8. The van der Waals surface area contributed by atoms with E-state index in [4.69, 9.17) is 14.2 Å². The lowest BCUT2D eigenvalue weighted by Crippen LogP contribution is -2.36. The molecule has 0 heterocycles. The molecule has 1 amide bonds. The molecule has 0 saturated heterocycles. The molecule has 0 N–H and O–H groups in total. The first-order valence-corrected chi connectivity index (χ1v) is 12.5. The lowest BCUT2D eigenvalue weighted by atomic mass is 9.78. The number of hydrogen-bond acceptors (Lipinski definition) is 4. The van der Waals surface area contributed by atoms with Gasteiger partial charge in [0.2, 0.25) is 5.91 Å². The first kappa shape index (κ1) is 25.7. The molecular weight excluding hydrogens is 489 g/mol. The van der Waals surface area contributed by atoms with Gasteiger partial charge in [0.05, 0.1) is 11.7 Å². The van der Waals surface area contributed by atoms with Crippen molar-refractivity contribution in [1.82, 2.24) is 0 Å². The van der Waals surface area contributed by atoms with Crippen LogP contribution in [0.4, 0.5) is 10.1 Å². The summed E-state index contributed by atoms with van der Waals surface area (Å²) in [7, 11) is 5.19. The molecule has 0 atom stereocenters. The van der Waals surface area contributed by atoms with Crippen molar-refractivity contribution in [3.05, 3.63) is 59.4 Å². The molecule has 0 spiro atoms. The third-order valence-electron chi connectivity index (χ3n) is 6.49. The molecule has 33 heavy (non-hydrogen) atoms. The Balaban J connectivity index is 1.66. The van der Waals surface area contributed by atoms with Crippen LogP contribution in [0.2, 0.25) is 0 Å². The summed E-state index contributed by atoms with van der Waals surface area (Å²) >= 11 is 3.35. The summed E-state index contributed by atoms with van der Waals surface area (Å²) in [4.78, 5) is 13.9. The Labute approximate surface area is 204 Å². The Morgan fingerprint density at radius 1 is 1.15 bits per heavy atom. The van der Waals surface area contributed by atoms with Gasteiger partial charge in [-0.05, 0) is 67.5 Å². The van der Waals surface area contributed by atoms with Gasteiger partial charge < -0.3 is 19.1 Å². The highest BCUT2D eigenvalue weighted by molar-refractivity contribution is 9.09. The maximum absolute atomic E-state index is 14.5. The number of halogens is 2. The van der Waals surface area contributed by atoms with Gasteiger partial charge in [0.15, 0.2) is 0 Å². The summed E-state index contributed by atoms with van der Waals surface area (Å²) in [6, 6.07) is 12.5. The summed E-state index contributed by atoms with van der Waals surface area (Å²) in [6.07, 6.45) is 4.82. The highest BCUT2D eigenvalue weighted by Crippen LogP contribution is 2.42. The van der Waals surface area contributed by atoms with Gasteiger partial charge in [-0.2, -0.15) is 0 Å². The van der Waals surface area contributed by atoms with Crippen molar-refractivity contribution < 1.29 is 23.4 Å².